The molecule has 3 rings (SSSR count). The lowest BCUT2D eigenvalue weighted by Gasteiger charge is -2.10. The topological polar surface area (TPSA) is 17.8 Å². The first-order valence-corrected chi connectivity index (χ1v) is 9.52. The molecule has 0 bridgehead atoms. The summed E-state index contributed by atoms with van der Waals surface area (Å²) in [5.74, 6) is -0.250. The Morgan fingerprint density at radius 3 is 2.20 bits per heavy atom. The number of aromatic nitrogens is 2. The van der Waals surface area contributed by atoms with Gasteiger partial charge in [0, 0.05) is 17.2 Å². The van der Waals surface area contributed by atoms with Crippen LogP contribution in [0.1, 0.15) is 25.6 Å². The van der Waals surface area contributed by atoms with Crippen LogP contribution in [0.25, 0.3) is 28.5 Å². The average Bonchev–Trinajstić information content (AvgIpc) is 2.95. The molecule has 0 fully saturated rings. The van der Waals surface area contributed by atoms with Gasteiger partial charge >= 0.3 is 0 Å². The van der Waals surface area contributed by atoms with Crippen molar-refractivity contribution in [3.8, 4) is 22.4 Å². The van der Waals surface area contributed by atoms with Crippen LogP contribution < -0.4 is 0 Å². The van der Waals surface area contributed by atoms with Gasteiger partial charge in [-0.3, -0.25) is 4.68 Å². The van der Waals surface area contributed by atoms with Gasteiger partial charge in [-0.15, -0.1) is 0 Å². The van der Waals surface area contributed by atoms with Crippen molar-refractivity contribution < 1.29 is 4.39 Å². The molecule has 0 unspecified atom stereocenters. The highest BCUT2D eigenvalue weighted by molar-refractivity contribution is 9.28. The fourth-order valence-electron chi connectivity index (χ4n) is 2.78. The summed E-state index contributed by atoms with van der Waals surface area (Å²) in [5, 5.41) is 4.87. The van der Waals surface area contributed by atoms with Crippen LogP contribution in [0.2, 0.25) is 0 Å². The monoisotopic (exact) mass is 462 g/mol. The number of hydrogen-bond donors (Lipinski definition) is 0. The van der Waals surface area contributed by atoms with Gasteiger partial charge in [0.1, 0.15) is 11.5 Å². The van der Waals surface area contributed by atoms with E-state index < -0.39 is 0 Å². The third-order valence-electron chi connectivity index (χ3n) is 3.86. The van der Waals surface area contributed by atoms with Crippen LogP contribution in [0.5, 0.6) is 0 Å². The van der Waals surface area contributed by atoms with Crippen molar-refractivity contribution >= 4 is 37.9 Å². The molecule has 0 N–H and O–H groups in total. The second kappa shape index (κ2) is 7.67. The molecule has 2 aromatic carbocycles. The van der Waals surface area contributed by atoms with Gasteiger partial charge in [-0.05, 0) is 69.5 Å². The maximum Gasteiger partial charge on any atom is 0.123 e. The quantitative estimate of drug-likeness (QED) is 0.406. The Labute approximate surface area is 163 Å². The first-order valence-electron chi connectivity index (χ1n) is 7.94. The van der Waals surface area contributed by atoms with Crippen molar-refractivity contribution in [3.63, 3.8) is 0 Å². The number of nitrogens with zero attached hydrogens (tertiary/aromatic N) is 2. The smallest absolute Gasteiger partial charge is 0.123 e. The summed E-state index contributed by atoms with van der Waals surface area (Å²) in [6.45, 7) is 4.19. The normalized spacial score (nSPS) is 11.0. The van der Waals surface area contributed by atoms with Crippen molar-refractivity contribution in [1.82, 2.24) is 9.78 Å². The SMILES string of the molecule is CC(C)n1nc(-c2ccccc2)c(-c2ccc(F)cc2)c1C=C(Br)Br. The molecule has 0 aliphatic heterocycles. The predicted molar refractivity (Wildman–Crippen MR) is 109 cm³/mol. The molecule has 3 aromatic rings. The molecule has 128 valence electrons. The molecule has 0 saturated heterocycles. The average molecular weight is 464 g/mol. The summed E-state index contributed by atoms with van der Waals surface area (Å²) in [5.41, 5.74) is 4.79. The van der Waals surface area contributed by atoms with Crippen LogP contribution in [0.4, 0.5) is 4.39 Å². The predicted octanol–water partition coefficient (Wildman–Crippen LogP) is 7.03. The van der Waals surface area contributed by atoms with E-state index in [1.165, 1.54) is 12.1 Å². The third kappa shape index (κ3) is 3.93. The largest absolute Gasteiger partial charge is 0.262 e. The zero-order valence-electron chi connectivity index (χ0n) is 13.9. The number of rotatable bonds is 4. The Bertz CT molecular complexity index is 893. The van der Waals surface area contributed by atoms with Crippen LogP contribution in [0.3, 0.4) is 0 Å². The Hall–Kier alpha value is -1.72. The van der Waals surface area contributed by atoms with E-state index in [0.717, 1.165) is 31.5 Å². The Kier molecular flexibility index (Phi) is 5.54. The molecule has 0 spiro atoms. The second-order valence-corrected chi connectivity index (χ2v) is 8.73. The molecule has 0 atom stereocenters. The molecule has 0 aliphatic rings. The lowest BCUT2D eigenvalue weighted by Crippen LogP contribution is -2.05. The highest BCUT2D eigenvalue weighted by atomic mass is 79.9. The maximum absolute atomic E-state index is 13.4. The van der Waals surface area contributed by atoms with Crippen molar-refractivity contribution in [2.45, 2.75) is 19.9 Å². The molecular weight excluding hydrogens is 447 g/mol. The van der Waals surface area contributed by atoms with E-state index in [1.807, 2.05) is 41.1 Å². The van der Waals surface area contributed by atoms with Crippen molar-refractivity contribution in [1.29, 1.82) is 0 Å². The molecule has 0 saturated carbocycles. The molecule has 25 heavy (non-hydrogen) atoms. The van der Waals surface area contributed by atoms with E-state index in [-0.39, 0.29) is 11.9 Å². The summed E-state index contributed by atoms with van der Waals surface area (Å²) in [7, 11) is 0. The minimum atomic E-state index is -0.250. The zero-order chi connectivity index (χ0) is 18.0. The van der Waals surface area contributed by atoms with Gasteiger partial charge in [0.15, 0.2) is 0 Å². The second-order valence-electron chi connectivity index (χ2n) is 5.95. The molecule has 0 radical (unpaired) electrons. The Morgan fingerprint density at radius 1 is 1.00 bits per heavy atom. The number of hydrogen-bond acceptors (Lipinski definition) is 1. The van der Waals surface area contributed by atoms with Gasteiger partial charge in [0.05, 0.1) is 9.09 Å². The van der Waals surface area contributed by atoms with Crippen molar-refractivity contribution in [2.75, 3.05) is 0 Å². The highest BCUT2D eigenvalue weighted by Gasteiger charge is 2.21. The van der Waals surface area contributed by atoms with Gasteiger partial charge in [-0.25, -0.2) is 4.39 Å². The molecule has 0 aliphatic carbocycles. The van der Waals surface area contributed by atoms with E-state index in [0.29, 0.717) is 0 Å². The summed E-state index contributed by atoms with van der Waals surface area (Å²) in [6, 6.07) is 16.8. The van der Waals surface area contributed by atoms with Gasteiger partial charge in [0.25, 0.3) is 0 Å². The molecule has 1 heterocycles. The van der Waals surface area contributed by atoms with Crippen molar-refractivity contribution in [2.24, 2.45) is 0 Å². The standard InChI is InChI=1S/C20H17Br2FN2/c1-13(2)25-17(12-18(21)22)19(14-8-10-16(23)11-9-14)20(24-25)15-6-4-3-5-7-15/h3-13H,1-2H3. The van der Waals surface area contributed by atoms with E-state index >= 15 is 0 Å². The highest BCUT2D eigenvalue weighted by Crippen LogP contribution is 2.38. The van der Waals surface area contributed by atoms with Crippen molar-refractivity contribution in [3.05, 3.63) is 69.5 Å². The molecule has 2 nitrogen and oxygen atoms in total. The van der Waals surface area contributed by atoms with Crippen LogP contribution in [0, 0.1) is 5.82 Å². The van der Waals surface area contributed by atoms with Gasteiger partial charge < -0.3 is 0 Å². The maximum atomic E-state index is 13.4. The van der Waals surface area contributed by atoms with E-state index in [4.69, 9.17) is 5.10 Å². The third-order valence-corrected chi connectivity index (χ3v) is 4.32. The summed E-state index contributed by atoms with van der Waals surface area (Å²) < 4.78 is 16.2. The lowest BCUT2D eigenvalue weighted by molar-refractivity contribution is 0.530. The fourth-order valence-corrected chi connectivity index (χ4v) is 3.22. The van der Waals surface area contributed by atoms with Crippen LogP contribution in [-0.4, -0.2) is 9.78 Å². The minimum Gasteiger partial charge on any atom is -0.262 e. The zero-order valence-corrected chi connectivity index (χ0v) is 17.1. The van der Waals surface area contributed by atoms with Crippen LogP contribution in [0.15, 0.2) is 58.0 Å². The Morgan fingerprint density at radius 2 is 1.64 bits per heavy atom. The van der Waals surface area contributed by atoms with E-state index in [2.05, 4.69) is 45.7 Å². The molecule has 5 heteroatoms. The first kappa shape index (κ1) is 18.1. The van der Waals surface area contributed by atoms with Crippen LogP contribution in [-0.2, 0) is 0 Å². The van der Waals surface area contributed by atoms with E-state index in [9.17, 15) is 4.39 Å². The minimum absolute atomic E-state index is 0.183. The molecular formula is C20H17Br2FN2. The fraction of sp³-hybridized carbons (Fsp3) is 0.150. The molecule has 0 amide bonds. The van der Waals surface area contributed by atoms with Gasteiger partial charge in [0.2, 0.25) is 0 Å². The van der Waals surface area contributed by atoms with Gasteiger partial charge in [-0.1, -0.05) is 42.5 Å². The summed E-state index contributed by atoms with van der Waals surface area (Å²) >= 11 is 6.91. The summed E-state index contributed by atoms with van der Waals surface area (Å²) in [4.78, 5) is 0. The van der Waals surface area contributed by atoms with E-state index in [1.54, 1.807) is 12.1 Å². The first-order chi connectivity index (χ1) is 12.0. The lowest BCUT2D eigenvalue weighted by atomic mass is 9.98. The summed E-state index contributed by atoms with van der Waals surface area (Å²) in [6.07, 6.45) is 1.98. The van der Waals surface area contributed by atoms with Crippen LogP contribution >= 0.6 is 31.9 Å². The Balaban J connectivity index is 2.34. The molecule has 1 aromatic heterocycles. The van der Waals surface area contributed by atoms with Gasteiger partial charge in [-0.2, -0.15) is 5.10 Å². The number of halogens is 3. The number of benzene rings is 2.